The molecule has 2 aliphatic heterocycles. The van der Waals surface area contributed by atoms with E-state index in [1.165, 1.54) is 0 Å². The predicted molar refractivity (Wildman–Crippen MR) is 109 cm³/mol. The highest BCUT2D eigenvalue weighted by Gasteiger charge is 2.29. The number of hydrogen-bond donors (Lipinski definition) is 1. The molecule has 4 heterocycles. The van der Waals surface area contributed by atoms with Crippen LogP contribution in [0.5, 0.6) is 0 Å². The summed E-state index contributed by atoms with van der Waals surface area (Å²) in [6.45, 7) is 3.43. The fraction of sp³-hybridized carbons (Fsp3) is 0.429. The third-order valence-electron chi connectivity index (χ3n) is 5.39. The van der Waals surface area contributed by atoms with Crippen LogP contribution in [0.15, 0.2) is 36.5 Å². The van der Waals surface area contributed by atoms with E-state index in [1.807, 2.05) is 17.0 Å². The summed E-state index contributed by atoms with van der Waals surface area (Å²) in [4.78, 5) is 38.0. The minimum Gasteiger partial charge on any atom is -0.383 e. The number of pyridine rings is 2. The Kier molecular flexibility index (Phi) is 5.71. The van der Waals surface area contributed by atoms with Crippen LogP contribution in [-0.2, 0) is 9.53 Å². The number of carbonyl (C=O) groups is 2. The Morgan fingerprint density at radius 1 is 1.07 bits per heavy atom. The Morgan fingerprint density at radius 2 is 1.97 bits per heavy atom. The zero-order chi connectivity index (χ0) is 20.2. The summed E-state index contributed by atoms with van der Waals surface area (Å²) < 4.78 is 5.54. The van der Waals surface area contributed by atoms with Gasteiger partial charge in [-0.2, -0.15) is 0 Å². The van der Waals surface area contributed by atoms with E-state index in [9.17, 15) is 9.59 Å². The van der Waals surface area contributed by atoms with E-state index >= 15 is 0 Å². The fourth-order valence-corrected chi connectivity index (χ4v) is 3.82. The number of rotatable bonds is 4. The summed E-state index contributed by atoms with van der Waals surface area (Å²) in [5.41, 5.74) is 6.52. The molecule has 1 unspecified atom stereocenters. The van der Waals surface area contributed by atoms with Gasteiger partial charge in [0, 0.05) is 39.0 Å². The Hall–Kier alpha value is -3.00. The molecular weight excluding hydrogens is 370 g/mol. The minimum absolute atomic E-state index is 0.0910. The van der Waals surface area contributed by atoms with Crippen LogP contribution in [0.1, 0.15) is 35.3 Å². The fourth-order valence-electron chi connectivity index (χ4n) is 3.82. The number of nitrogen functional groups attached to an aromatic ring is 1. The normalized spacial score (nSPS) is 19.8. The van der Waals surface area contributed by atoms with E-state index in [2.05, 4.69) is 14.9 Å². The average Bonchev–Trinajstić information content (AvgIpc) is 3.18. The smallest absolute Gasteiger partial charge is 0.251 e. The van der Waals surface area contributed by atoms with Crippen molar-refractivity contribution < 1.29 is 14.3 Å². The first kappa shape index (κ1) is 19.3. The van der Waals surface area contributed by atoms with Crippen molar-refractivity contribution in [3.63, 3.8) is 0 Å². The highest BCUT2D eigenvalue weighted by molar-refractivity contribution is 6.10. The third kappa shape index (κ3) is 4.22. The van der Waals surface area contributed by atoms with E-state index in [0.717, 1.165) is 31.6 Å². The summed E-state index contributed by atoms with van der Waals surface area (Å²) in [5, 5.41) is 0. The van der Waals surface area contributed by atoms with Crippen molar-refractivity contribution in [2.75, 3.05) is 43.4 Å². The quantitative estimate of drug-likeness (QED) is 0.783. The Balaban J connectivity index is 1.46. The first-order valence-corrected chi connectivity index (χ1v) is 10.0. The lowest BCUT2D eigenvalue weighted by Gasteiger charge is -2.24. The number of aromatic nitrogens is 2. The molecule has 0 aliphatic carbocycles. The molecule has 8 heteroatoms. The van der Waals surface area contributed by atoms with Crippen LogP contribution in [0.4, 0.5) is 11.6 Å². The number of ether oxygens (including phenoxy) is 1. The lowest BCUT2D eigenvalue weighted by molar-refractivity contribution is -0.140. The van der Waals surface area contributed by atoms with Gasteiger partial charge < -0.3 is 20.3 Å². The van der Waals surface area contributed by atoms with Crippen LogP contribution in [0.2, 0.25) is 0 Å². The van der Waals surface area contributed by atoms with E-state index in [4.69, 9.17) is 10.5 Å². The maximum absolute atomic E-state index is 12.8. The molecule has 2 saturated heterocycles. The molecule has 0 bridgehead atoms. The summed E-state index contributed by atoms with van der Waals surface area (Å²) in [7, 11) is 0. The highest BCUT2D eigenvalue weighted by atomic mass is 16.5. The first-order chi connectivity index (χ1) is 14.1. The number of hydrogen-bond acceptors (Lipinski definition) is 7. The highest BCUT2D eigenvalue weighted by Crippen LogP contribution is 2.20. The van der Waals surface area contributed by atoms with E-state index in [1.54, 1.807) is 24.4 Å². The number of amides is 1. The zero-order valence-electron chi connectivity index (χ0n) is 16.3. The molecule has 0 aromatic carbocycles. The number of anilines is 2. The van der Waals surface area contributed by atoms with Gasteiger partial charge in [-0.1, -0.05) is 6.07 Å². The number of nitrogens with two attached hydrogens (primary N) is 1. The lowest BCUT2D eigenvalue weighted by atomic mass is 10.1. The molecule has 0 radical (unpaired) electrons. The minimum atomic E-state index is -0.287. The zero-order valence-corrected chi connectivity index (χ0v) is 16.3. The molecule has 2 aromatic heterocycles. The van der Waals surface area contributed by atoms with Crippen molar-refractivity contribution in [3.8, 4) is 0 Å². The van der Waals surface area contributed by atoms with Crippen LogP contribution < -0.4 is 10.6 Å². The lowest BCUT2D eigenvalue weighted by Crippen LogP contribution is -2.41. The van der Waals surface area contributed by atoms with Gasteiger partial charge in [0.05, 0.1) is 5.56 Å². The van der Waals surface area contributed by atoms with Gasteiger partial charge in [-0.3, -0.25) is 9.59 Å². The van der Waals surface area contributed by atoms with Crippen molar-refractivity contribution in [1.82, 2.24) is 14.9 Å². The van der Waals surface area contributed by atoms with E-state index < -0.39 is 0 Å². The molecular formula is C21H25N5O3. The number of nitrogens with zero attached hydrogens (tertiary/aromatic N) is 4. The second-order valence-corrected chi connectivity index (χ2v) is 7.31. The predicted octanol–water partition coefficient (Wildman–Crippen LogP) is 1.51. The van der Waals surface area contributed by atoms with Gasteiger partial charge in [0.15, 0.2) is 0 Å². The van der Waals surface area contributed by atoms with Crippen molar-refractivity contribution in [2.45, 2.75) is 25.4 Å². The van der Waals surface area contributed by atoms with Gasteiger partial charge in [-0.25, -0.2) is 9.97 Å². The van der Waals surface area contributed by atoms with Crippen molar-refractivity contribution in [2.24, 2.45) is 0 Å². The summed E-state index contributed by atoms with van der Waals surface area (Å²) >= 11 is 0. The molecule has 8 nitrogen and oxygen atoms in total. The number of carbonyl (C=O) groups excluding carboxylic acids is 2. The van der Waals surface area contributed by atoms with Crippen LogP contribution >= 0.6 is 0 Å². The molecule has 2 aromatic rings. The molecule has 2 N–H and O–H groups in total. The Morgan fingerprint density at radius 3 is 2.76 bits per heavy atom. The second kappa shape index (κ2) is 8.57. The summed E-state index contributed by atoms with van der Waals surface area (Å²) in [6, 6.07) is 8.73. The molecule has 0 saturated carbocycles. The third-order valence-corrected chi connectivity index (χ3v) is 5.39. The first-order valence-electron chi connectivity index (χ1n) is 10.0. The largest absolute Gasteiger partial charge is 0.383 e. The average molecular weight is 395 g/mol. The van der Waals surface area contributed by atoms with Crippen LogP contribution in [0.3, 0.4) is 0 Å². The van der Waals surface area contributed by atoms with Crippen LogP contribution in [0.25, 0.3) is 0 Å². The Bertz CT molecular complexity index is 897. The van der Waals surface area contributed by atoms with Crippen molar-refractivity contribution >= 4 is 23.3 Å². The van der Waals surface area contributed by atoms with E-state index in [0.29, 0.717) is 37.5 Å². The van der Waals surface area contributed by atoms with E-state index in [-0.39, 0.29) is 23.6 Å². The van der Waals surface area contributed by atoms with Gasteiger partial charge in [0.25, 0.3) is 5.91 Å². The summed E-state index contributed by atoms with van der Waals surface area (Å²) in [6.07, 6.45) is 3.86. The van der Waals surface area contributed by atoms with Crippen LogP contribution in [0, 0.1) is 0 Å². The molecule has 4 rings (SSSR count). The molecule has 1 atom stereocenters. The maximum atomic E-state index is 12.8. The van der Waals surface area contributed by atoms with Crippen molar-refractivity contribution in [3.05, 3.63) is 47.8 Å². The topological polar surface area (TPSA) is 102 Å². The molecule has 29 heavy (non-hydrogen) atoms. The standard InChI is InChI=1S/C21H25N5O3/c22-20-15(5-2-9-23-20)19(27)16-6-1-8-18(24-16)25-10-4-11-26(13-12-25)21(28)17-7-3-14-29-17/h1-2,5-6,8-9,17H,3-4,7,10-14H2,(H2,22,23). The maximum Gasteiger partial charge on any atom is 0.251 e. The van der Waals surface area contributed by atoms with Gasteiger partial charge in [-0.05, 0) is 43.5 Å². The number of ketones is 1. The van der Waals surface area contributed by atoms with Gasteiger partial charge in [0.1, 0.15) is 23.4 Å². The Labute approximate surface area is 169 Å². The second-order valence-electron chi connectivity index (χ2n) is 7.31. The van der Waals surface area contributed by atoms with Gasteiger partial charge >= 0.3 is 0 Å². The summed E-state index contributed by atoms with van der Waals surface area (Å²) in [5.74, 6) is 0.767. The van der Waals surface area contributed by atoms with Crippen molar-refractivity contribution in [1.29, 1.82) is 0 Å². The van der Waals surface area contributed by atoms with Gasteiger partial charge in [0.2, 0.25) is 5.78 Å². The molecule has 2 fully saturated rings. The molecule has 2 aliphatic rings. The van der Waals surface area contributed by atoms with Gasteiger partial charge in [-0.15, -0.1) is 0 Å². The van der Waals surface area contributed by atoms with Crippen LogP contribution in [-0.4, -0.2) is 65.4 Å². The molecule has 152 valence electrons. The SMILES string of the molecule is Nc1ncccc1C(=O)c1cccc(N2CCCN(C(=O)C3CCCO3)CC2)n1. The monoisotopic (exact) mass is 395 g/mol. The molecule has 1 amide bonds. The molecule has 0 spiro atoms.